The van der Waals surface area contributed by atoms with E-state index in [0.29, 0.717) is 0 Å². The van der Waals surface area contributed by atoms with E-state index in [0.717, 1.165) is 35.8 Å². The van der Waals surface area contributed by atoms with E-state index in [2.05, 4.69) is 33.1 Å². The number of halogens is 1. The first-order valence-electron chi connectivity index (χ1n) is 7.59. The van der Waals surface area contributed by atoms with Crippen LogP contribution in [0.5, 0.6) is 5.75 Å². The van der Waals surface area contributed by atoms with E-state index < -0.39 is 0 Å². The normalized spacial score (nSPS) is 16.6. The van der Waals surface area contributed by atoms with Crippen molar-refractivity contribution in [1.82, 2.24) is 10.2 Å². The van der Waals surface area contributed by atoms with Crippen molar-refractivity contribution in [1.29, 1.82) is 0 Å². The summed E-state index contributed by atoms with van der Waals surface area (Å²) in [4.78, 5) is 2.51. The van der Waals surface area contributed by atoms with Gasteiger partial charge in [0.25, 0.3) is 0 Å². The smallest absolute Gasteiger partial charge is 0.119 e. The van der Waals surface area contributed by atoms with Crippen molar-refractivity contribution in [2.45, 2.75) is 19.8 Å². The first-order chi connectivity index (χ1) is 9.78. The zero-order valence-electron chi connectivity index (χ0n) is 12.3. The van der Waals surface area contributed by atoms with Gasteiger partial charge in [0.05, 0.1) is 0 Å². The van der Waals surface area contributed by atoms with Crippen LogP contribution in [0.2, 0.25) is 0 Å². The minimum absolute atomic E-state index is 0.764. The van der Waals surface area contributed by atoms with Crippen LogP contribution in [0.4, 0.5) is 0 Å². The van der Waals surface area contributed by atoms with Crippen LogP contribution in [0.3, 0.4) is 0 Å². The highest BCUT2D eigenvalue weighted by Gasteiger charge is 2.15. The zero-order valence-corrected chi connectivity index (χ0v) is 13.9. The topological polar surface area (TPSA) is 24.5 Å². The molecule has 0 atom stereocenters. The summed E-state index contributed by atoms with van der Waals surface area (Å²) in [6.07, 6.45) is 2.62. The Kier molecular flexibility index (Phi) is 6.83. The fourth-order valence-electron chi connectivity index (χ4n) is 2.63. The lowest BCUT2D eigenvalue weighted by atomic mass is 9.97. The molecule has 20 heavy (non-hydrogen) atoms. The second-order valence-electron chi connectivity index (χ2n) is 5.39. The van der Waals surface area contributed by atoms with E-state index in [9.17, 15) is 0 Å². The van der Waals surface area contributed by atoms with Gasteiger partial charge in [-0.1, -0.05) is 22.9 Å². The lowest BCUT2D eigenvalue weighted by molar-refractivity contribution is 0.178. The third kappa shape index (κ3) is 5.43. The third-order valence-corrected chi connectivity index (χ3v) is 4.44. The van der Waals surface area contributed by atoms with Crippen LogP contribution < -0.4 is 10.1 Å². The zero-order chi connectivity index (χ0) is 14.2. The molecular formula is C16H25BrN2O. The lowest BCUT2D eigenvalue weighted by Gasteiger charge is -2.29. The molecule has 1 aliphatic heterocycles. The summed E-state index contributed by atoms with van der Waals surface area (Å²) in [5.74, 6) is 1.80. The van der Waals surface area contributed by atoms with Crippen LogP contribution in [-0.2, 0) is 0 Å². The van der Waals surface area contributed by atoms with Crippen molar-refractivity contribution >= 4 is 15.9 Å². The van der Waals surface area contributed by atoms with Crippen molar-refractivity contribution in [2.75, 3.05) is 39.3 Å². The van der Waals surface area contributed by atoms with Crippen LogP contribution >= 0.6 is 15.9 Å². The Morgan fingerprint density at radius 3 is 2.60 bits per heavy atom. The molecule has 1 fully saturated rings. The Bertz CT molecular complexity index is 377. The number of piperidine rings is 1. The van der Waals surface area contributed by atoms with Gasteiger partial charge in [-0.15, -0.1) is 0 Å². The summed E-state index contributed by atoms with van der Waals surface area (Å²) >= 11 is 3.43. The number of hydrogen-bond donors (Lipinski definition) is 1. The molecule has 1 aliphatic rings. The van der Waals surface area contributed by atoms with Crippen LogP contribution in [-0.4, -0.2) is 44.2 Å². The van der Waals surface area contributed by atoms with Crippen molar-refractivity contribution in [3.63, 3.8) is 0 Å². The quantitative estimate of drug-likeness (QED) is 0.825. The monoisotopic (exact) mass is 340 g/mol. The van der Waals surface area contributed by atoms with E-state index in [4.69, 9.17) is 4.74 Å². The fourth-order valence-corrected chi connectivity index (χ4v) is 2.90. The van der Waals surface area contributed by atoms with Gasteiger partial charge in [0.2, 0.25) is 0 Å². The number of nitrogens with zero attached hydrogens (tertiary/aromatic N) is 1. The molecule has 0 spiro atoms. The predicted octanol–water partition coefficient (Wildman–Crippen LogP) is 3.15. The van der Waals surface area contributed by atoms with E-state index in [1.807, 2.05) is 24.3 Å². The van der Waals surface area contributed by atoms with Crippen LogP contribution in [0.1, 0.15) is 19.8 Å². The average Bonchev–Trinajstić information content (AvgIpc) is 2.49. The Labute approximate surface area is 130 Å². The Hall–Kier alpha value is -0.580. The average molecular weight is 341 g/mol. The van der Waals surface area contributed by atoms with Gasteiger partial charge in [0, 0.05) is 17.6 Å². The molecule has 4 heteroatoms. The van der Waals surface area contributed by atoms with E-state index in [-0.39, 0.29) is 0 Å². The van der Waals surface area contributed by atoms with Crippen LogP contribution in [0.25, 0.3) is 0 Å². The van der Waals surface area contributed by atoms with E-state index >= 15 is 0 Å². The molecule has 0 saturated carbocycles. The first kappa shape index (κ1) is 15.8. The molecule has 112 valence electrons. The summed E-state index contributed by atoms with van der Waals surface area (Å²) in [5.41, 5.74) is 0. The Morgan fingerprint density at radius 2 is 1.95 bits per heavy atom. The molecule has 0 unspecified atom stereocenters. The van der Waals surface area contributed by atoms with Gasteiger partial charge in [-0.2, -0.15) is 0 Å². The van der Waals surface area contributed by atoms with Crippen LogP contribution in [0, 0.1) is 5.92 Å². The molecule has 0 amide bonds. The lowest BCUT2D eigenvalue weighted by Crippen LogP contribution is -2.37. The fraction of sp³-hybridized carbons (Fsp3) is 0.625. The number of hydrogen-bond acceptors (Lipinski definition) is 3. The molecule has 1 heterocycles. The van der Waals surface area contributed by atoms with Crippen LogP contribution in [0.15, 0.2) is 28.7 Å². The molecule has 0 radical (unpaired) electrons. The highest BCUT2D eigenvalue weighted by Crippen LogP contribution is 2.16. The van der Waals surface area contributed by atoms with Crippen molar-refractivity contribution in [3.8, 4) is 5.75 Å². The Balaban J connectivity index is 1.68. The minimum atomic E-state index is 0.764. The number of likely N-dealkylation sites (N-methyl/N-ethyl adjacent to an activating group) is 1. The number of rotatable bonds is 7. The van der Waals surface area contributed by atoms with Gasteiger partial charge in [0.1, 0.15) is 12.4 Å². The molecule has 1 aromatic rings. The van der Waals surface area contributed by atoms with Gasteiger partial charge in [0.15, 0.2) is 0 Å². The summed E-state index contributed by atoms with van der Waals surface area (Å²) in [5, 5.41) is 3.43. The molecule has 1 saturated heterocycles. The molecular weight excluding hydrogens is 316 g/mol. The second-order valence-corrected chi connectivity index (χ2v) is 6.30. The van der Waals surface area contributed by atoms with Gasteiger partial charge in [-0.05, 0) is 62.7 Å². The predicted molar refractivity (Wildman–Crippen MR) is 87.3 cm³/mol. The molecule has 3 nitrogen and oxygen atoms in total. The maximum absolute atomic E-state index is 5.81. The van der Waals surface area contributed by atoms with Gasteiger partial charge in [-0.25, -0.2) is 0 Å². The largest absolute Gasteiger partial charge is 0.492 e. The van der Waals surface area contributed by atoms with Crippen molar-refractivity contribution < 1.29 is 4.74 Å². The second kappa shape index (κ2) is 8.65. The molecule has 2 rings (SSSR count). The summed E-state index contributed by atoms with van der Waals surface area (Å²) in [6, 6.07) is 8.05. The van der Waals surface area contributed by atoms with Gasteiger partial charge >= 0.3 is 0 Å². The Morgan fingerprint density at radius 1 is 1.25 bits per heavy atom. The maximum Gasteiger partial charge on any atom is 0.119 e. The highest BCUT2D eigenvalue weighted by molar-refractivity contribution is 9.10. The standard InChI is InChI=1S/C16H25BrN2O/c1-2-19(13-14-7-9-18-10-8-14)11-12-20-16-5-3-15(17)4-6-16/h3-6,14,18H,2,7-13H2,1H3. The molecule has 1 aromatic carbocycles. The van der Waals surface area contributed by atoms with Gasteiger partial charge < -0.3 is 10.1 Å². The maximum atomic E-state index is 5.81. The SMILES string of the molecule is CCN(CCOc1ccc(Br)cc1)CC1CCNCC1. The number of nitrogens with one attached hydrogen (secondary N) is 1. The third-order valence-electron chi connectivity index (χ3n) is 3.91. The number of ether oxygens (including phenoxy) is 1. The summed E-state index contributed by atoms with van der Waals surface area (Å²) < 4.78 is 6.90. The summed E-state index contributed by atoms with van der Waals surface area (Å²) in [6.45, 7) is 8.68. The minimum Gasteiger partial charge on any atom is -0.492 e. The molecule has 0 aliphatic carbocycles. The molecule has 0 aromatic heterocycles. The van der Waals surface area contributed by atoms with E-state index in [1.54, 1.807) is 0 Å². The van der Waals surface area contributed by atoms with Crippen molar-refractivity contribution in [3.05, 3.63) is 28.7 Å². The summed E-state index contributed by atoms with van der Waals surface area (Å²) in [7, 11) is 0. The van der Waals surface area contributed by atoms with Crippen molar-refractivity contribution in [2.24, 2.45) is 5.92 Å². The highest BCUT2D eigenvalue weighted by atomic mass is 79.9. The molecule has 1 N–H and O–H groups in total. The first-order valence-corrected chi connectivity index (χ1v) is 8.38. The van der Waals surface area contributed by atoms with Gasteiger partial charge in [-0.3, -0.25) is 4.90 Å². The molecule has 0 bridgehead atoms. The van der Waals surface area contributed by atoms with E-state index in [1.165, 1.54) is 32.5 Å². The number of benzene rings is 1.